The minimum absolute atomic E-state index is 0.198. The number of hydrogen-bond donors (Lipinski definition) is 2. The molecule has 2 rings (SSSR count). The van der Waals surface area contributed by atoms with Gasteiger partial charge in [0.1, 0.15) is 17.8 Å². The van der Waals surface area contributed by atoms with Gasteiger partial charge in [-0.25, -0.2) is 9.37 Å². The van der Waals surface area contributed by atoms with E-state index >= 15 is 0 Å². The summed E-state index contributed by atoms with van der Waals surface area (Å²) in [5, 5.41) is 3.11. The number of halogens is 3. The molecule has 1 aromatic carbocycles. The standard InChI is InChI=1S/C11H9BrClFN4O/c1-19-11-8(15)10(16-4-17-11)18-9-6(12)2-5(14)3-7(9)13/h2-4H,15H2,1H3,(H,16,17,18). The summed E-state index contributed by atoms with van der Waals surface area (Å²) in [7, 11) is 1.45. The van der Waals surface area contributed by atoms with Crippen LogP contribution in [-0.2, 0) is 0 Å². The average molecular weight is 348 g/mol. The number of rotatable bonds is 3. The van der Waals surface area contributed by atoms with Gasteiger partial charge in [-0.15, -0.1) is 0 Å². The quantitative estimate of drug-likeness (QED) is 0.890. The molecule has 0 saturated carbocycles. The molecule has 1 heterocycles. The first-order valence-electron chi connectivity index (χ1n) is 5.09. The van der Waals surface area contributed by atoms with E-state index in [1.807, 2.05) is 0 Å². The van der Waals surface area contributed by atoms with Crippen LogP contribution in [0.3, 0.4) is 0 Å². The van der Waals surface area contributed by atoms with Crippen molar-refractivity contribution in [2.75, 3.05) is 18.2 Å². The summed E-state index contributed by atoms with van der Waals surface area (Å²) in [6.45, 7) is 0. The van der Waals surface area contributed by atoms with Crippen molar-refractivity contribution in [1.29, 1.82) is 0 Å². The predicted molar refractivity (Wildman–Crippen MR) is 75.4 cm³/mol. The van der Waals surface area contributed by atoms with Crippen LogP contribution >= 0.6 is 27.5 Å². The zero-order valence-corrected chi connectivity index (χ0v) is 12.1. The number of nitrogens with zero attached hydrogens (tertiary/aromatic N) is 2. The van der Waals surface area contributed by atoms with Crippen LogP contribution in [-0.4, -0.2) is 17.1 Å². The second-order valence-corrected chi connectivity index (χ2v) is 4.78. The molecule has 0 bridgehead atoms. The number of ether oxygens (including phenoxy) is 1. The Hall–Kier alpha value is -1.60. The van der Waals surface area contributed by atoms with Gasteiger partial charge in [-0.1, -0.05) is 11.6 Å². The van der Waals surface area contributed by atoms with Gasteiger partial charge in [0.05, 0.1) is 17.8 Å². The maximum atomic E-state index is 13.1. The Morgan fingerprint density at radius 2 is 2.16 bits per heavy atom. The van der Waals surface area contributed by atoms with Crippen molar-refractivity contribution in [3.05, 3.63) is 33.8 Å². The molecule has 0 saturated heterocycles. The van der Waals surface area contributed by atoms with Crippen LogP contribution in [0.25, 0.3) is 0 Å². The number of nitrogens with one attached hydrogen (secondary N) is 1. The van der Waals surface area contributed by atoms with E-state index < -0.39 is 5.82 Å². The molecule has 0 amide bonds. The van der Waals surface area contributed by atoms with Gasteiger partial charge in [0.2, 0.25) is 5.88 Å². The van der Waals surface area contributed by atoms with E-state index in [0.717, 1.165) is 0 Å². The van der Waals surface area contributed by atoms with E-state index in [1.54, 1.807) is 0 Å². The van der Waals surface area contributed by atoms with Crippen LogP contribution in [0.15, 0.2) is 22.9 Å². The Morgan fingerprint density at radius 1 is 1.42 bits per heavy atom. The number of nitrogen functional groups attached to an aromatic ring is 1. The number of aromatic nitrogens is 2. The Kier molecular flexibility index (Phi) is 4.06. The van der Waals surface area contributed by atoms with Crippen molar-refractivity contribution in [1.82, 2.24) is 9.97 Å². The summed E-state index contributed by atoms with van der Waals surface area (Å²) >= 11 is 9.18. The third-order valence-corrected chi connectivity index (χ3v) is 3.21. The van der Waals surface area contributed by atoms with Crippen molar-refractivity contribution >= 4 is 44.7 Å². The summed E-state index contributed by atoms with van der Waals surface area (Å²) in [6, 6.07) is 2.46. The first-order chi connectivity index (χ1) is 9.02. The third kappa shape index (κ3) is 2.87. The maximum absolute atomic E-state index is 13.1. The van der Waals surface area contributed by atoms with Crippen LogP contribution in [0, 0.1) is 5.82 Å². The highest BCUT2D eigenvalue weighted by atomic mass is 79.9. The molecule has 0 aliphatic heterocycles. The van der Waals surface area contributed by atoms with E-state index in [1.165, 1.54) is 25.6 Å². The Balaban J connectivity index is 2.42. The average Bonchev–Trinajstić information content (AvgIpc) is 2.35. The van der Waals surface area contributed by atoms with Crippen molar-refractivity contribution < 1.29 is 9.13 Å². The zero-order valence-electron chi connectivity index (χ0n) is 9.75. The second-order valence-electron chi connectivity index (χ2n) is 3.51. The monoisotopic (exact) mass is 346 g/mol. The molecule has 0 aliphatic carbocycles. The largest absolute Gasteiger partial charge is 0.479 e. The molecule has 0 radical (unpaired) electrons. The number of methoxy groups -OCH3 is 1. The Morgan fingerprint density at radius 3 is 2.79 bits per heavy atom. The molecule has 0 atom stereocenters. The van der Waals surface area contributed by atoms with E-state index in [2.05, 4.69) is 31.2 Å². The molecule has 2 aromatic rings. The van der Waals surface area contributed by atoms with Gasteiger partial charge in [-0.05, 0) is 28.1 Å². The number of nitrogens with two attached hydrogens (primary N) is 1. The lowest BCUT2D eigenvalue weighted by atomic mass is 10.3. The van der Waals surface area contributed by atoms with E-state index in [0.29, 0.717) is 16.0 Å². The Bertz CT molecular complexity index is 603. The topological polar surface area (TPSA) is 73.1 Å². The highest BCUT2D eigenvalue weighted by Crippen LogP contribution is 2.36. The zero-order chi connectivity index (χ0) is 14.0. The van der Waals surface area contributed by atoms with Gasteiger partial charge in [-0.3, -0.25) is 0 Å². The summed E-state index contributed by atoms with van der Waals surface area (Å²) in [5.41, 5.74) is 6.51. The summed E-state index contributed by atoms with van der Waals surface area (Å²) < 4.78 is 18.6. The molecular weight excluding hydrogens is 339 g/mol. The fraction of sp³-hybridized carbons (Fsp3) is 0.0909. The van der Waals surface area contributed by atoms with Crippen LogP contribution in [0.4, 0.5) is 21.6 Å². The first kappa shape index (κ1) is 13.8. The molecular formula is C11H9BrClFN4O. The van der Waals surface area contributed by atoms with Gasteiger partial charge in [0.15, 0.2) is 5.82 Å². The van der Waals surface area contributed by atoms with E-state index in [-0.39, 0.29) is 16.6 Å². The second kappa shape index (κ2) is 5.58. The summed E-state index contributed by atoms with van der Waals surface area (Å²) in [5.74, 6) is 0.114. The molecule has 3 N–H and O–H groups in total. The van der Waals surface area contributed by atoms with Gasteiger partial charge in [0.25, 0.3) is 0 Å². The van der Waals surface area contributed by atoms with Crippen LogP contribution in [0.1, 0.15) is 0 Å². The summed E-state index contributed by atoms with van der Waals surface area (Å²) in [6.07, 6.45) is 1.29. The predicted octanol–water partition coefficient (Wildman–Crippen LogP) is 3.37. The maximum Gasteiger partial charge on any atom is 0.242 e. The van der Waals surface area contributed by atoms with Crippen molar-refractivity contribution in [3.63, 3.8) is 0 Å². The minimum Gasteiger partial charge on any atom is -0.479 e. The van der Waals surface area contributed by atoms with Crippen LogP contribution in [0.5, 0.6) is 5.88 Å². The lowest BCUT2D eigenvalue weighted by Crippen LogP contribution is -2.04. The fourth-order valence-electron chi connectivity index (χ4n) is 1.42. The van der Waals surface area contributed by atoms with Gasteiger partial charge in [0, 0.05) is 4.47 Å². The molecule has 5 nitrogen and oxygen atoms in total. The van der Waals surface area contributed by atoms with Gasteiger partial charge >= 0.3 is 0 Å². The smallest absolute Gasteiger partial charge is 0.242 e. The molecule has 0 aliphatic rings. The molecule has 0 fully saturated rings. The summed E-state index contributed by atoms with van der Waals surface area (Å²) in [4.78, 5) is 7.84. The SMILES string of the molecule is COc1ncnc(Nc2c(Cl)cc(F)cc2Br)c1N. The Labute approximate surface area is 122 Å². The van der Waals surface area contributed by atoms with E-state index in [4.69, 9.17) is 22.1 Å². The number of hydrogen-bond acceptors (Lipinski definition) is 5. The van der Waals surface area contributed by atoms with E-state index in [9.17, 15) is 4.39 Å². The molecule has 0 spiro atoms. The lowest BCUT2D eigenvalue weighted by Gasteiger charge is -2.12. The highest BCUT2D eigenvalue weighted by molar-refractivity contribution is 9.10. The fourth-order valence-corrected chi connectivity index (χ4v) is 2.32. The third-order valence-electron chi connectivity index (χ3n) is 2.29. The van der Waals surface area contributed by atoms with Gasteiger partial charge in [-0.2, -0.15) is 4.98 Å². The normalized spacial score (nSPS) is 10.3. The number of benzene rings is 1. The first-order valence-corrected chi connectivity index (χ1v) is 6.26. The van der Waals surface area contributed by atoms with Crippen molar-refractivity contribution in [2.45, 2.75) is 0 Å². The highest BCUT2D eigenvalue weighted by Gasteiger charge is 2.13. The molecule has 0 unspecified atom stereocenters. The lowest BCUT2D eigenvalue weighted by molar-refractivity contribution is 0.399. The molecule has 8 heteroatoms. The van der Waals surface area contributed by atoms with Crippen molar-refractivity contribution in [2.24, 2.45) is 0 Å². The van der Waals surface area contributed by atoms with Crippen LogP contribution < -0.4 is 15.8 Å². The number of anilines is 3. The molecule has 19 heavy (non-hydrogen) atoms. The van der Waals surface area contributed by atoms with Crippen molar-refractivity contribution in [3.8, 4) is 5.88 Å². The van der Waals surface area contributed by atoms with Crippen LogP contribution in [0.2, 0.25) is 5.02 Å². The minimum atomic E-state index is -0.448. The molecule has 1 aromatic heterocycles. The molecule has 100 valence electrons. The van der Waals surface area contributed by atoms with Gasteiger partial charge < -0.3 is 15.8 Å².